The maximum absolute atomic E-state index is 11.2. The Kier molecular flexibility index (Phi) is 6.75. The van der Waals surface area contributed by atoms with Gasteiger partial charge in [0.15, 0.2) is 0 Å². The van der Waals surface area contributed by atoms with Gasteiger partial charge in [-0.2, -0.15) is 0 Å². The maximum atomic E-state index is 11.2. The molecule has 0 aromatic rings. The van der Waals surface area contributed by atoms with Crippen LogP contribution in [0.2, 0.25) is 0 Å². The molecule has 2 atom stereocenters. The number of aliphatic carboxylic acids is 1. The van der Waals surface area contributed by atoms with E-state index in [1.807, 2.05) is 0 Å². The van der Waals surface area contributed by atoms with Gasteiger partial charge in [0.1, 0.15) is 5.54 Å². The van der Waals surface area contributed by atoms with Gasteiger partial charge in [0.05, 0.1) is 13.2 Å². The van der Waals surface area contributed by atoms with Gasteiger partial charge in [-0.3, -0.25) is 9.69 Å². The van der Waals surface area contributed by atoms with Crippen LogP contribution < -0.4 is 5.32 Å². The first kappa shape index (κ1) is 16.4. The van der Waals surface area contributed by atoms with Gasteiger partial charge in [-0.15, -0.1) is 0 Å². The van der Waals surface area contributed by atoms with Crippen molar-refractivity contribution in [1.29, 1.82) is 0 Å². The van der Waals surface area contributed by atoms with Gasteiger partial charge >= 0.3 is 5.97 Å². The van der Waals surface area contributed by atoms with Crippen LogP contribution in [0.4, 0.5) is 0 Å². The van der Waals surface area contributed by atoms with Gasteiger partial charge < -0.3 is 15.2 Å². The highest BCUT2D eigenvalue weighted by Crippen LogP contribution is 2.16. The van der Waals surface area contributed by atoms with E-state index in [0.717, 1.165) is 45.6 Å². The van der Waals surface area contributed by atoms with Crippen molar-refractivity contribution in [2.75, 3.05) is 33.4 Å². The van der Waals surface area contributed by atoms with E-state index in [0.29, 0.717) is 12.5 Å². The van der Waals surface area contributed by atoms with E-state index in [-0.39, 0.29) is 0 Å². The quantitative estimate of drug-likeness (QED) is 0.653. The molecule has 1 rings (SSSR count). The Balaban J connectivity index is 2.28. The molecule has 2 N–H and O–H groups in total. The molecule has 1 fully saturated rings. The Hall–Kier alpha value is -0.650. The van der Waals surface area contributed by atoms with Gasteiger partial charge in [0, 0.05) is 12.6 Å². The van der Waals surface area contributed by atoms with Crippen LogP contribution in [-0.2, 0) is 9.53 Å². The minimum absolute atomic E-state index is 0.531. The Labute approximate surface area is 116 Å². The molecule has 0 spiro atoms. The number of unbranched alkanes of at least 4 members (excludes halogenated alkanes) is 1. The molecule has 1 heterocycles. The molecule has 112 valence electrons. The Morgan fingerprint density at radius 1 is 1.53 bits per heavy atom. The Bertz CT molecular complexity index is 286. The van der Waals surface area contributed by atoms with Gasteiger partial charge in [-0.25, -0.2) is 0 Å². The summed E-state index contributed by atoms with van der Waals surface area (Å²) in [5.41, 5.74) is -0.796. The lowest BCUT2D eigenvalue weighted by atomic mass is 9.95. The predicted octanol–water partition coefficient (Wildman–Crippen LogP) is 1.33. The highest BCUT2D eigenvalue weighted by Gasteiger charge is 2.30. The monoisotopic (exact) mass is 272 g/mol. The number of nitrogens with one attached hydrogen (secondary N) is 1. The molecule has 0 radical (unpaired) electrons. The minimum Gasteiger partial charge on any atom is -0.480 e. The van der Waals surface area contributed by atoms with Crippen molar-refractivity contribution in [3.63, 3.8) is 0 Å². The number of hydrogen-bond acceptors (Lipinski definition) is 4. The third-order valence-corrected chi connectivity index (χ3v) is 4.22. The summed E-state index contributed by atoms with van der Waals surface area (Å²) < 4.78 is 5.48. The largest absolute Gasteiger partial charge is 0.480 e. The summed E-state index contributed by atoms with van der Waals surface area (Å²) in [5.74, 6) is -0.771. The number of rotatable bonds is 8. The van der Waals surface area contributed by atoms with Crippen LogP contribution in [0.15, 0.2) is 0 Å². The van der Waals surface area contributed by atoms with Crippen LogP contribution in [0.25, 0.3) is 0 Å². The molecule has 19 heavy (non-hydrogen) atoms. The fraction of sp³-hybridized carbons (Fsp3) is 0.929. The highest BCUT2D eigenvalue weighted by molar-refractivity contribution is 5.78. The molecule has 1 aliphatic rings. The summed E-state index contributed by atoms with van der Waals surface area (Å²) in [6, 6.07) is 0.531. The number of ether oxygens (including phenoxy) is 1. The van der Waals surface area contributed by atoms with Crippen molar-refractivity contribution >= 4 is 5.97 Å². The maximum Gasteiger partial charge on any atom is 0.323 e. The predicted molar refractivity (Wildman–Crippen MR) is 75.4 cm³/mol. The number of nitrogens with zero attached hydrogens (tertiary/aromatic N) is 1. The van der Waals surface area contributed by atoms with Crippen molar-refractivity contribution in [3.05, 3.63) is 0 Å². The first-order chi connectivity index (χ1) is 9.03. The van der Waals surface area contributed by atoms with Crippen LogP contribution in [0, 0.1) is 0 Å². The van der Waals surface area contributed by atoms with Crippen LogP contribution >= 0.6 is 0 Å². The van der Waals surface area contributed by atoms with Gasteiger partial charge in [-0.05, 0) is 46.2 Å². The molecule has 0 aliphatic carbocycles. The lowest BCUT2D eigenvalue weighted by molar-refractivity contribution is -0.144. The van der Waals surface area contributed by atoms with E-state index in [4.69, 9.17) is 4.74 Å². The number of carbonyl (C=O) groups is 1. The molecule has 0 aromatic heterocycles. The summed E-state index contributed by atoms with van der Waals surface area (Å²) in [7, 11) is 1.71. The second-order valence-corrected chi connectivity index (χ2v) is 5.52. The lowest BCUT2D eigenvalue weighted by Crippen LogP contribution is -2.48. The third kappa shape index (κ3) is 4.75. The van der Waals surface area contributed by atoms with E-state index >= 15 is 0 Å². The molecular weight excluding hydrogens is 244 g/mol. The molecule has 5 heteroatoms. The van der Waals surface area contributed by atoms with Crippen molar-refractivity contribution in [2.24, 2.45) is 0 Å². The summed E-state index contributed by atoms with van der Waals surface area (Å²) in [6.07, 6.45) is 3.75. The van der Waals surface area contributed by atoms with Crippen LogP contribution in [0.3, 0.4) is 0 Å². The smallest absolute Gasteiger partial charge is 0.323 e. The normalized spacial score (nSPS) is 24.1. The van der Waals surface area contributed by atoms with E-state index in [1.54, 1.807) is 14.0 Å². The van der Waals surface area contributed by atoms with Crippen LogP contribution in [0.5, 0.6) is 0 Å². The van der Waals surface area contributed by atoms with E-state index in [1.165, 1.54) is 0 Å². The first-order valence-electron chi connectivity index (χ1n) is 7.27. The summed E-state index contributed by atoms with van der Waals surface area (Å²) in [4.78, 5) is 13.6. The second kappa shape index (κ2) is 7.82. The summed E-state index contributed by atoms with van der Waals surface area (Å²) in [6.45, 7) is 7.63. The van der Waals surface area contributed by atoms with Crippen molar-refractivity contribution in [1.82, 2.24) is 10.2 Å². The average molecular weight is 272 g/mol. The van der Waals surface area contributed by atoms with E-state index in [2.05, 4.69) is 17.1 Å². The molecule has 0 aromatic carbocycles. The SMILES string of the molecule is CCC1COCCN1CCCCC(C)(NC)C(=O)O. The fourth-order valence-electron chi connectivity index (χ4n) is 2.49. The Morgan fingerprint density at radius 2 is 2.26 bits per heavy atom. The van der Waals surface area contributed by atoms with E-state index in [9.17, 15) is 9.90 Å². The highest BCUT2D eigenvalue weighted by atomic mass is 16.5. The standard InChI is InChI=1S/C14H28N2O3/c1-4-12-11-19-10-9-16(12)8-6-5-7-14(2,15-3)13(17)18/h12,15H,4-11H2,1-3H3,(H,17,18). The fourth-order valence-corrected chi connectivity index (χ4v) is 2.49. The topological polar surface area (TPSA) is 61.8 Å². The number of carboxylic acid groups (broad SMARTS) is 1. The zero-order chi connectivity index (χ0) is 14.3. The third-order valence-electron chi connectivity index (χ3n) is 4.22. The number of carboxylic acids is 1. The second-order valence-electron chi connectivity index (χ2n) is 5.52. The zero-order valence-corrected chi connectivity index (χ0v) is 12.4. The molecule has 0 saturated carbocycles. The first-order valence-corrected chi connectivity index (χ1v) is 7.27. The van der Waals surface area contributed by atoms with Crippen molar-refractivity contribution in [3.8, 4) is 0 Å². The number of morpholine rings is 1. The molecule has 0 amide bonds. The lowest BCUT2D eigenvalue weighted by Gasteiger charge is -2.35. The molecular formula is C14H28N2O3. The van der Waals surface area contributed by atoms with Crippen molar-refractivity contribution in [2.45, 2.75) is 51.1 Å². The minimum atomic E-state index is -0.796. The van der Waals surface area contributed by atoms with Gasteiger partial charge in [-0.1, -0.05) is 6.92 Å². The molecule has 5 nitrogen and oxygen atoms in total. The zero-order valence-electron chi connectivity index (χ0n) is 12.4. The summed E-state index contributed by atoms with van der Waals surface area (Å²) in [5, 5.41) is 12.1. The molecule has 1 saturated heterocycles. The molecule has 1 aliphatic heterocycles. The van der Waals surface area contributed by atoms with Crippen LogP contribution in [0.1, 0.15) is 39.5 Å². The molecule has 0 bridgehead atoms. The number of hydrogen-bond donors (Lipinski definition) is 2. The average Bonchev–Trinajstić information content (AvgIpc) is 2.43. The van der Waals surface area contributed by atoms with Crippen LogP contribution in [-0.4, -0.2) is 60.9 Å². The van der Waals surface area contributed by atoms with Gasteiger partial charge in [0.25, 0.3) is 0 Å². The number of likely N-dealkylation sites (N-methyl/N-ethyl adjacent to an activating group) is 1. The van der Waals surface area contributed by atoms with Crippen molar-refractivity contribution < 1.29 is 14.6 Å². The Morgan fingerprint density at radius 3 is 2.84 bits per heavy atom. The van der Waals surface area contributed by atoms with Gasteiger partial charge in [0.2, 0.25) is 0 Å². The molecule has 2 unspecified atom stereocenters. The van der Waals surface area contributed by atoms with E-state index < -0.39 is 11.5 Å². The summed E-state index contributed by atoms with van der Waals surface area (Å²) >= 11 is 0.